The number of piperidine rings is 1. The number of carbonyl (C=O) groups is 1. The van der Waals surface area contributed by atoms with Crippen LogP contribution in [0.2, 0.25) is 0 Å². The summed E-state index contributed by atoms with van der Waals surface area (Å²) in [6.45, 7) is 6.61. The molecule has 0 aliphatic carbocycles. The second kappa shape index (κ2) is 5.48. The Hall–Kier alpha value is -1.42. The molecule has 4 heteroatoms. The highest BCUT2D eigenvalue weighted by molar-refractivity contribution is 5.90. The van der Waals surface area contributed by atoms with E-state index in [1.54, 1.807) is 6.07 Å². The molecule has 1 fully saturated rings. The highest BCUT2D eigenvalue weighted by atomic mass is 16.1. The van der Waals surface area contributed by atoms with E-state index in [1.807, 2.05) is 12.1 Å². The third-order valence-corrected chi connectivity index (χ3v) is 3.62. The molecular weight excluding hydrogens is 226 g/mol. The summed E-state index contributed by atoms with van der Waals surface area (Å²) in [5.74, 6) is -0.0335. The Balaban J connectivity index is 2.15. The Morgan fingerprint density at radius 1 is 1.50 bits per heavy atom. The third-order valence-electron chi connectivity index (χ3n) is 3.62. The molecule has 0 unspecified atom stereocenters. The number of nitrogens with zero attached hydrogens (tertiary/aromatic N) is 2. The largest absolute Gasteiger partial charge is 0.364 e. The lowest BCUT2D eigenvalue weighted by Gasteiger charge is -2.35. The summed E-state index contributed by atoms with van der Waals surface area (Å²) in [6.07, 6.45) is 2.32. The second-order valence-electron chi connectivity index (χ2n) is 5.24. The van der Waals surface area contributed by atoms with Crippen molar-refractivity contribution in [3.05, 3.63) is 29.6 Å². The Kier molecular flexibility index (Phi) is 3.97. The number of rotatable bonds is 3. The molecule has 18 heavy (non-hydrogen) atoms. The smallest absolute Gasteiger partial charge is 0.267 e. The zero-order valence-corrected chi connectivity index (χ0v) is 11.1. The number of amides is 1. The quantitative estimate of drug-likeness (QED) is 0.885. The Labute approximate surface area is 108 Å². The molecule has 1 aliphatic heterocycles. The number of hydrogen-bond acceptors (Lipinski definition) is 3. The molecule has 0 aromatic carbocycles. The van der Waals surface area contributed by atoms with Crippen LogP contribution in [0, 0.1) is 0 Å². The van der Waals surface area contributed by atoms with Gasteiger partial charge in [-0.15, -0.1) is 0 Å². The lowest BCUT2D eigenvalue weighted by Crippen LogP contribution is -2.39. The molecule has 1 aromatic heterocycles. The summed E-state index contributed by atoms with van der Waals surface area (Å²) in [5.41, 5.74) is 6.64. The highest BCUT2D eigenvalue weighted by Gasteiger charge is 2.24. The maximum Gasteiger partial charge on any atom is 0.267 e. The predicted molar refractivity (Wildman–Crippen MR) is 71.4 cm³/mol. The van der Waals surface area contributed by atoms with Crippen LogP contribution in [0.25, 0.3) is 0 Å². The number of carbonyl (C=O) groups excluding carboxylic acids is 1. The molecule has 1 amide bonds. The Morgan fingerprint density at radius 2 is 2.28 bits per heavy atom. The average molecular weight is 247 g/mol. The predicted octanol–water partition coefficient (Wildman–Crippen LogP) is 1.77. The maximum absolute atomic E-state index is 11.2. The summed E-state index contributed by atoms with van der Waals surface area (Å²) in [5, 5.41) is 0. The van der Waals surface area contributed by atoms with Gasteiger partial charge in [-0.3, -0.25) is 4.79 Å². The number of hydrogen-bond donors (Lipinski definition) is 1. The van der Waals surface area contributed by atoms with Crippen molar-refractivity contribution in [2.24, 2.45) is 5.73 Å². The van der Waals surface area contributed by atoms with Crippen LogP contribution in [-0.4, -0.2) is 34.9 Å². The monoisotopic (exact) mass is 247 g/mol. The van der Waals surface area contributed by atoms with Crippen molar-refractivity contribution in [1.29, 1.82) is 0 Å². The lowest BCUT2D eigenvalue weighted by molar-refractivity contribution is 0.0995. The van der Waals surface area contributed by atoms with E-state index >= 15 is 0 Å². The molecule has 2 N–H and O–H groups in total. The van der Waals surface area contributed by atoms with Crippen molar-refractivity contribution >= 4 is 5.91 Å². The van der Waals surface area contributed by atoms with Gasteiger partial charge in [0.25, 0.3) is 5.91 Å². The zero-order valence-electron chi connectivity index (χ0n) is 11.1. The molecule has 1 atom stereocenters. The van der Waals surface area contributed by atoms with Crippen molar-refractivity contribution in [2.75, 3.05) is 13.1 Å². The van der Waals surface area contributed by atoms with Crippen LogP contribution >= 0.6 is 0 Å². The molecule has 1 aliphatic rings. The number of pyridine rings is 1. The molecule has 0 radical (unpaired) electrons. The summed E-state index contributed by atoms with van der Waals surface area (Å²) >= 11 is 0. The first-order chi connectivity index (χ1) is 8.58. The molecule has 2 heterocycles. The minimum atomic E-state index is -0.451. The van der Waals surface area contributed by atoms with E-state index in [2.05, 4.69) is 23.7 Å². The van der Waals surface area contributed by atoms with Gasteiger partial charge in [0.05, 0.1) is 0 Å². The summed E-state index contributed by atoms with van der Waals surface area (Å²) in [7, 11) is 0. The fourth-order valence-corrected chi connectivity index (χ4v) is 2.53. The number of likely N-dealkylation sites (tertiary alicyclic amines) is 1. The van der Waals surface area contributed by atoms with Crippen molar-refractivity contribution in [3.63, 3.8) is 0 Å². The minimum absolute atomic E-state index is 0.370. The van der Waals surface area contributed by atoms with Crippen LogP contribution < -0.4 is 5.73 Å². The van der Waals surface area contributed by atoms with Crippen LogP contribution in [0.4, 0.5) is 0 Å². The van der Waals surface area contributed by atoms with E-state index < -0.39 is 5.91 Å². The molecule has 1 aromatic rings. The van der Waals surface area contributed by atoms with Gasteiger partial charge in [-0.25, -0.2) is 4.98 Å². The van der Waals surface area contributed by atoms with Gasteiger partial charge in [-0.05, 0) is 45.4 Å². The SMILES string of the molecule is CC(C)N1CCC[C@H](c2cccc(C(N)=O)n2)C1. The average Bonchev–Trinajstić information content (AvgIpc) is 2.39. The first-order valence-corrected chi connectivity index (χ1v) is 6.58. The van der Waals surface area contributed by atoms with Crippen LogP contribution in [0.1, 0.15) is 48.8 Å². The fraction of sp³-hybridized carbons (Fsp3) is 0.571. The van der Waals surface area contributed by atoms with E-state index in [4.69, 9.17) is 5.73 Å². The molecule has 0 saturated carbocycles. The Morgan fingerprint density at radius 3 is 2.94 bits per heavy atom. The molecule has 98 valence electrons. The van der Waals surface area contributed by atoms with Gasteiger partial charge in [0.1, 0.15) is 5.69 Å². The zero-order chi connectivity index (χ0) is 13.1. The molecule has 2 rings (SSSR count). The Bertz CT molecular complexity index is 431. The third kappa shape index (κ3) is 2.88. The van der Waals surface area contributed by atoms with E-state index in [9.17, 15) is 4.79 Å². The summed E-state index contributed by atoms with van der Waals surface area (Å²) in [4.78, 5) is 18.0. The molecule has 4 nitrogen and oxygen atoms in total. The van der Waals surface area contributed by atoms with Gasteiger partial charge >= 0.3 is 0 Å². The topological polar surface area (TPSA) is 59.2 Å². The lowest BCUT2D eigenvalue weighted by atomic mass is 9.93. The molecule has 1 saturated heterocycles. The fourth-order valence-electron chi connectivity index (χ4n) is 2.53. The summed E-state index contributed by atoms with van der Waals surface area (Å²) in [6, 6.07) is 6.11. The number of nitrogens with two attached hydrogens (primary N) is 1. The highest BCUT2D eigenvalue weighted by Crippen LogP contribution is 2.26. The number of primary amides is 1. The van der Waals surface area contributed by atoms with Crippen molar-refractivity contribution in [1.82, 2.24) is 9.88 Å². The van der Waals surface area contributed by atoms with Crippen molar-refractivity contribution < 1.29 is 4.79 Å². The first kappa shape index (κ1) is 13.0. The second-order valence-corrected chi connectivity index (χ2v) is 5.24. The van der Waals surface area contributed by atoms with Crippen LogP contribution in [0.3, 0.4) is 0 Å². The molecule has 0 spiro atoms. The van der Waals surface area contributed by atoms with Gasteiger partial charge in [0.15, 0.2) is 0 Å². The van der Waals surface area contributed by atoms with Gasteiger partial charge in [0, 0.05) is 24.2 Å². The van der Waals surface area contributed by atoms with E-state index in [0.717, 1.165) is 25.2 Å². The van der Waals surface area contributed by atoms with Crippen LogP contribution in [-0.2, 0) is 0 Å². The molecular formula is C14H21N3O. The van der Waals surface area contributed by atoms with Crippen LogP contribution in [0.15, 0.2) is 18.2 Å². The van der Waals surface area contributed by atoms with E-state index in [1.165, 1.54) is 6.42 Å². The van der Waals surface area contributed by atoms with E-state index in [0.29, 0.717) is 17.7 Å². The van der Waals surface area contributed by atoms with Gasteiger partial charge in [-0.2, -0.15) is 0 Å². The van der Waals surface area contributed by atoms with Crippen molar-refractivity contribution in [3.8, 4) is 0 Å². The normalized spacial score (nSPS) is 21.2. The maximum atomic E-state index is 11.2. The minimum Gasteiger partial charge on any atom is -0.364 e. The van der Waals surface area contributed by atoms with Gasteiger partial charge in [0.2, 0.25) is 0 Å². The van der Waals surface area contributed by atoms with Gasteiger partial charge in [-0.1, -0.05) is 6.07 Å². The van der Waals surface area contributed by atoms with Crippen molar-refractivity contribution in [2.45, 2.75) is 38.6 Å². The van der Waals surface area contributed by atoms with E-state index in [-0.39, 0.29) is 0 Å². The number of aromatic nitrogens is 1. The van der Waals surface area contributed by atoms with Crippen LogP contribution in [0.5, 0.6) is 0 Å². The summed E-state index contributed by atoms with van der Waals surface area (Å²) < 4.78 is 0. The molecule has 0 bridgehead atoms. The van der Waals surface area contributed by atoms with Gasteiger partial charge < -0.3 is 10.6 Å². The standard InChI is InChI=1S/C14H21N3O/c1-10(2)17-8-4-5-11(9-17)12-6-3-7-13(16-12)14(15)18/h3,6-7,10-11H,4-5,8-9H2,1-2H3,(H2,15,18)/t11-/m0/s1. The first-order valence-electron chi connectivity index (χ1n) is 6.58.